The fourth-order valence-corrected chi connectivity index (χ4v) is 10.1. The van der Waals surface area contributed by atoms with Crippen LogP contribution >= 0.6 is 7.60 Å². The highest BCUT2D eigenvalue weighted by atomic mass is 31.2. The Morgan fingerprint density at radius 3 is 1.84 bits per heavy atom. The first-order valence-corrected chi connectivity index (χ1v) is 21.7. The molecule has 0 radical (unpaired) electrons. The summed E-state index contributed by atoms with van der Waals surface area (Å²) in [5, 5.41) is 9.46. The van der Waals surface area contributed by atoms with Crippen LogP contribution in [0.5, 0.6) is 11.5 Å². The van der Waals surface area contributed by atoms with Crippen LogP contribution in [-0.2, 0) is 33.4 Å². The van der Waals surface area contributed by atoms with E-state index in [2.05, 4.69) is 9.97 Å². The molecule has 2 aliphatic heterocycles. The molecule has 5 aromatic rings. The quantitative estimate of drug-likeness (QED) is 0.0699. The molecule has 0 aliphatic carbocycles. The maximum absolute atomic E-state index is 15.4. The van der Waals surface area contributed by atoms with Crippen LogP contribution in [-0.4, -0.2) is 71.0 Å². The number of nitriles is 1. The van der Waals surface area contributed by atoms with Gasteiger partial charge < -0.3 is 32.7 Å². The number of aromatic amines is 2. The van der Waals surface area contributed by atoms with Crippen LogP contribution in [0.15, 0.2) is 110 Å². The molecule has 1 unspecified atom stereocenters. The molecule has 17 nitrogen and oxygen atoms in total. The van der Waals surface area contributed by atoms with Crippen LogP contribution in [0.4, 0.5) is 0 Å². The minimum Gasteiger partial charge on any atom is -0.497 e. The third-order valence-electron chi connectivity index (χ3n) is 11.2. The maximum atomic E-state index is 15.4. The fourth-order valence-electron chi connectivity index (χ4n) is 7.90. The number of H-pyrrole nitrogens is 2. The zero-order chi connectivity index (χ0) is 44.0. The Kier molecular flexibility index (Phi) is 13.6. The van der Waals surface area contributed by atoms with Crippen LogP contribution in [0.3, 0.4) is 0 Å². The smallest absolute Gasteiger partial charge is 0.336 e. The lowest BCUT2D eigenvalue weighted by molar-refractivity contribution is -0.0782. The zero-order valence-electron chi connectivity index (χ0n) is 34.7. The van der Waals surface area contributed by atoms with Crippen LogP contribution in [0.2, 0.25) is 0 Å². The van der Waals surface area contributed by atoms with Gasteiger partial charge in [-0.05, 0) is 67.6 Å². The molecule has 3 aromatic carbocycles. The molecule has 2 aliphatic rings. The van der Waals surface area contributed by atoms with Gasteiger partial charge in [0.15, 0.2) is 0 Å². The first kappa shape index (κ1) is 44.2. The minimum absolute atomic E-state index is 0.0765. The molecule has 4 heterocycles. The predicted molar refractivity (Wildman–Crippen MR) is 226 cm³/mol. The number of aryl methyl sites for hydroxylation is 2. The Morgan fingerprint density at radius 1 is 0.742 bits per heavy atom. The molecule has 0 bridgehead atoms. The Bertz CT molecular complexity index is 2630. The first-order valence-electron chi connectivity index (χ1n) is 20.1. The Hall–Kier alpha value is -5.86. The summed E-state index contributed by atoms with van der Waals surface area (Å²) in [6, 6.07) is 26.4. The van der Waals surface area contributed by atoms with E-state index in [1.165, 1.54) is 21.5 Å². The summed E-state index contributed by atoms with van der Waals surface area (Å²) in [6.45, 7) is 2.44. The van der Waals surface area contributed by atoms with E-state index in [0.29, 0.717) is 29.9 Å². The molecule has 62 heavy (non-hydrogen) atoms. The van der Waals surface area contributed by atoms with Gasteiger partial charge in [-0.2, -0.15) is 5.26 Å². The summed E-state index contributed by atoms with van der Waals surface area (Å²) < 4.78 is 61.2. The van der Waals surface area contributed by atoms with Crippen molar-refractivity contribution in [2.24, 2.45) is 0 Å². The molecule has 0 saturated carbocycles. The lowest BCUT2D eigenvalue weighted by Gasteiger charge is -2.37. The van der Waals surface area contributed by atoms with Gasteiger partial charge in [-0.15, -0.1) is 0 Å². The van der Waals surface area contributed by atoms with Gasteiger partial charge in [0.2, 0.25) is 0 Å². The maximum Gasteiger partial charge on any atom is 0.336 e. The Morgan fingerprint density at radius 2 is 1.29 bits per heavy atom. The first-order chi connectivity index (χ1) is 29.9. The predicted octanol–water partition coefficient (Wildman–Crippen LogP) is 5.20. The van der Waals surface area contributed by atoms with Crippen molar-refractivity contribution in [3.05, 3.63) is 161 Å². The van der Waals surface area contributed by atoms with E-state index < -0.39 is 66.0 Å². The third-order valence-corrected chi connectivity index (χ3v) is 13.6. The molecule has 7 rings (SSSR count). The highest BCUT2D eigenvalue weighted by Crippen LogP contribution is 2.60. The second kappa shape index (κ2) is 19.0. The SMILES string of the molecule is COc1ccc(C(OC[C@H]2O[C@@H](n3cc(C)c(=O)[nH]c3=O)C[C@@H]2P(=O)(OCCC#N)OC[C@@H]2CC[C@H](n3cc(C)c(=O)[nH]c3=O)O2)(c2ccccc2)c2ccc(OC)cc2)cc1. The molecule has 326 valence electrons. The van der Waals surface area contributed by atoms with Gasteiger partial charge in [0, 0.05) is 29.9 Å². The normalized spacial score (nSPS) is 21.0. The van der Waals surface area contributed by atoms with Gasteiger partial charge in [-0.25, -0.2) is 9.59 Å². The molecule has 2 fully saturated rings. The number of nitrogens with zero attached hydrogens (tertiary/aromatic N) is 3. The largest absolute Gasteiger partial charge is 0.497 e. The van der Waals surface area contributed by atoms with Crippen molar-refractivity contribution < 1.29 is 37.3 Å². The zero-order valence-corrected chi connectivity index (χ0v) is 35.6. The molecule has 18 heteroatoms. The number of rotatable bonds is 17. The van der Waals surface area contributed by atoms with Crippen molar-refractivity contribution in [2.45, 2.75) is 75.5 Å². The van der Waals surface area contributed by atoms with Crippen molar-refractivity contribution >= 4 is 7.60 Å². The Balaban J connectivity index is 1.27. The molecule has 2 aromatic heterocycles. The Labute approximate surface area is 356 Å². The standard InChI is InChI=1S/C44H48N5O12P/c1-28-24-48(42(52)46-40(28)50)38-20-19-35(60-38)26-59-62(54,58-22-8-21-45)37-23-39(49-25-29(2)41(51)47-43(49)53)61-36(37)27-57-44(30-9-6-5-7-10-30,31-11-15-33(55-3)16-12-31)32-13-17-34(56-4)18-14-32/h5-7,9-18,24-25,35-39H,8,19-20,22-23,26-27H2,1-4H3,(H,46,50,52)(H,47,51,53)/t35-,36+,37-,38+,39+,62?/m0/s1. The average Bonchev–Trinajstić information content (AvgIpc) is 3.95. The van der Waals surface area contributed by atoms with Gasteiger partial charge in [-0.3, -0.25) is 33.3 Å². The number of ether oxygens (including phenoxy) is 5. The number of nitrogens with one attached hydrogen (secondary N) is 2. The second-order valence-electron chi connectivity index (χ2n) is 15.1. The van der Waals surface area contributed by atoms with E-state index in [-0.39, 0.29) is 38.2 Å². The number of hydrogen-bond acceptors (Lipinski definition) is 13. The molecule has 2 N–H and O–H groups in total. The van der Waals surface area contributed by atoms with Gasteiger partial charge in [-0.1, -0.05) is 54.6 Å². The van der Waals surface area contributed by atoms with E-state index in [4.69, 9.17) is 32.7 Å². The van der Waals surface area contributed by atoms with Gasteiger partial charge in [0.1, 0.15) is 29.6 Å². The van der Waals surface area contributed by atoms with Crippen molar-refractivity contribution in [3.8, 4) is 17.6 Å². The van der Waals surface area contributed by atoms with Crippen LogP contribution in [0, 0.1) is 25.2 Å². The van der Waals surface area contributed by atoms with Gasteiger partial charge in [0.05, 0.1) is 64.4 Å². The molecule has 6 atom stereocenters. The number of aromatic nitrogens is 4. The summed E-state index contributed by atoms with van der Waals surface area (Å²) in [5.41, 5.74) is -2.02. The van der Waals surface area contributed by atoms with Crippen LogP contribution in [0.25, 0.3) is 0 Å². The van der Waals surface area contributed by atoms with E-state index in [1.54, 1.807) is 28.1 Å². The second-order valence-corrected chi connectivity index (χ2v) is 17.3. The molecular formula is C44H48N5O12P. The van der Waals surface area contributed by atoms with E-state index in [9.17, 15) is 24.4 Å². The van der Waals surface area contributed by atoms with Crippen molar-refractivity contribution in [3.63, 3.8) is 0 Å². The summed E-state index contributed by atoms with van der Waals surface area (Å²) in [7, 11) is -1.15. The summed E-state index contributed by atoms with van der Waals surface area (Å²) >= 11 is 0. The van der Waals surface area contributed by atoms with Gasteiger partial charge >= 0.3 is 19.0 Å². The van der Waals surface area contributed by atoms with Crippen molar-refractivity contribution in [2.75, 3.05) is 34.0 Å². The monoisotopic (exact) mass is 869 g/mol. The lowest BCUT2D eigenvalue weighted by atomic mass is 9.80. The number of methoxy groups -OCH3 is 2. The minimum atomic E-state index is -4.31. The van der Waals surface area contributed by atoms with E-state index >= 15 is 4.57 Å². The van der Waals surface area contributed by atoms with Crippen LogP contribution in [0.1, 0.15) is 66.0 Å². The molecule has 0 spiro atoms. The number of hydrogen-bond donors (Lipinski definition) is 2. The average molecular weight is 870 g/mol. The fraction of sp³-hybridized carbons (Fsp3) is 0.386. The van der Waals surface area contributed by atoms with Crippen LogP contribution < -0.4 is 32.0 Å². The third kappa shape index (κ3) is 9.17. The topological polar surface area (TPSA) is 215 Å². The molecule has 0 amide bonds. The summed E-state index contributed by atoms with van der Waals surface area (Å²) in [5.74, 6) is 1.25. The number of benzene rings is 3. The highest BCUT2D eigenvalue weighted by Gasteiger charge is 2.51. The molecule has 2 saturated heterocycles. The lowest BCUT2D eigenvalue weighted by Crippen LogP contribution is -2.38. The van der Waals surface area contributed by atoms with Gasteiger partial charge in [0.25, 0.3) is 11.1 Å². The van der Waals surface area contributed by atoms with Crippen molar-refractivity contribution in [1.29, 1.82) is 5.26 Å². The van der Waals surface area contributed by atoms with E-state index in [0.717, 1.165) is 16.7 Å². The van der Waals surface area contributed by atoms with E-state index in [1.807, 2.05) is 84.9 Å². The molecular weight excluding hydrogens is 821 g/mol. The summed E-state index contributed by atoms with van der Waals surface area (Å²) in [4.78, 5) is 55.0. The summed E-state index contributed by atoms with van der Waals surface area (Å²) in [6.07, 6.45) is -0.0296. The highest BCUT2D eigenvalue weighted by molar-refractivity contribution is 7.54. The van der Waals surface area contributed by atoms with Crippen molar-refractivity contribution in [1.82, 2.24) is 19.1 Å².